The maximum Gasteiger partial charge on any atom is 0.322 e. The average Bonchev–Trinajstić information content (AvgIpc) is 2.15. The molecule has 0 aromatic heterocycles. The minimum Gasteiger partial charge on any atom is -0.480 e. The minimum atomic E-state index is -0.955. The maximum atomic E-state index is 11.1. The van der Waals surface area contributed by atoms with Gasteiger partial charge in [0.25, 0.3) is 0 Å². The van der Waals surface area contributed by atoms with Crippen molar-refractivity contribution in [1.82, 2.24) is 6.15 Å². The number of hydrogen-bond acceptors (Lipinski definition) is 4. The number of anilines is 1. The molecule has 0 saturated heterocycles. The van der Waals surface area contributed by atoms with E-state index in [1.165, 1.54) is 6.92 Å². The molecule has 82 valence electrons. The second kappa shape index (κ2) is 5.77. The number of carbonyl (C=O) groups is 2. The van der Waals surface area contributed by atoms with Crippen LogP contribution in [0, 0.1) is 0 Å². The van der Waals surface area contributed by atoms with Gasteiger partial charge in [-0.2, -0.15) is 0 Å². The summed E-state index contributed by atoms with van der Waals surface area (Å²) in [5, 5.41) is 11.1. The smallest absolute Gasteiger partial charge is 0.322 e. The van der Waals surface area contributed by atoms with Gasteiger partial charge in [0.05, 0.1) is 0 Å². The molecule has 0 aliphatic carbocycles. The molecule has 5 heteroatoms. The normalized spacial score (nSPS) is 8.87. The van der Waals surface area contributed by atoms with E-state index in [0.717, 1.165) is 0 Å². The Morgan fingerprint density at radius 3 is 2.47 bits per heavy atom. The summed E-state index contributed by atoms with van der Waals surface area (Å²) in [6.07, 6.45) is 0. The monoisotopic (exact) mass is 210 g/mol. The summed E-state index contributed by atoms with van der Waals surface area (Å²) in [6, 6.07) is 6.82. The second-order valence-electron chi connectivity index (χ2n) is 2.85. The number of carboxylic acid groups (broad SMARTS) is 1. The molecule has 1 rings (SSSR count). The molecule has 0 unspecified atom stereocenters. The van der Waals surface area contributed by atoms with E-state index in [0.29, 0.717) is 11.3 Å². The van der Waals surface area contributed by atoms with Crippen molar-refractivity contribution in [3.63, 3.8) is 0 Å². The van der Waals surface area contributed by atoms with Gasteiger partial charge in [-0.05, 0) is 19.1 Å². The zero-order valence-corrected chi connectivity index (χ0v) is 8.49. The van der Waals surface area contributed by atoms with Crippen LogP contribution >= 0.6 is 0 Å². The van der Waals surface area contributed by atoms with Crippen molar-refractivity contribution < 1.29 is 14.7 Å². The first-order valence-electron chi connectivity index (χ1n) is 4.17. The summed E-state index contributed by atoms with van der Waals surface area (Å²) in [5.74, 6) is -1.04. The quantitative estimate of drug-likeness (QED) is 0.654. The van der Waals surface area contributed by atoms with E-state index in [4.69, 9.17) is 5.11 Å². The third kappa shape index (κ3) is 3.78. The van der Waals surface area contributed by atoms with E-state index in [1.807, 2.05) is 0 Å². The topological polar surface area (TPSA) is 101 Å². The average molecular weight is 210 g/mol. The van der Waals surface area contributed by atoms with Gasteiger partial charge in [0, 0.05) is 11.3 Å². The first-order valence-corrected chi connectivity index (χ1v) is 4.17. The van der Waals surface area contributed by atoms with Crippen molar-refractivity contribution >= 4 is 17.4 Å². The van der Waals surface area contributed by atoms with Gasteiger partial charge in [-0.1, -0.05) is 12.1 Å². The number of hydrogen-bond donors (Lipinski definition) is 3. The Morgan fingerprint density at radius 2 is 1.93 bits per heavy atom. The van der Waals surface area contributed by atoms with E-state index in [2.05, 4.69) is 5.32 Å². The van der Waals surface area contributed by atoms with Crippen LogP contribution in [0.15, 0.2) is 24.3 Å². The number of aliphatic carboxylic acids is 1. The van der Waals surface area contributed by atoms with E-state index in [-0.39, 0.29) is 18.5 Å². The zero-order chi connectivity index (χ0) is 10.6. The summed E-state index contributed by atoms with van der Waals surface area (Å²) in [6.45, 7) is 1.26. The molecule has 0 heterocycles. The highest BCUT2D eigenvalue weighted by Crippen LogP contribution is 2.14. The van der Waals surface area contributed by atoms with Crippen molar-refractivity contribution in [3.8, 4) is 0 Å². The standard InChI is InChI=1S/C10H11NO3.H3N/c1-7(12)8-4-2-3-5-9(8)11-6-10(13)14;/h2-5,11H,6H2,1H3,(H,13,14);1H3. The summed E-state index contributed by atoms with van der Waals surface area (Å²) in [5.41, 5.74) is 1.07. The molecule has 1 aromatic rings. The van der Waals surface area contributed by atoms with Gasteiger partial charge >= 0.3 is 5.97 Å². The highest BCUT2D eigenvalue weighted by atomic mass is 16.4. The molecule has 0 fully saturated rings. The second-order valence-corrected chi connectivity index (χ2v) is 2.85. The molecule has 0 aliphatic rings. The summed E-state index contributed by atoms with van der Waals surface area (Å²) >= 11 is 0. The summed E-state index contributed by atoms with van der Waals surface area (Å²) in [7, 11) is 0. The van der Waals surface area contributed by atoms with Crippen molar-refractivity contribution in [2.24, 2.45) is 0 Å². The number of rotatable bonds is 4. The van der Waals surface area contributed by atoms with Crippen LogP contribution in [0.2, 0.25) is 0 Å². The number of carbonyl (C=O) groups excluding carboxylic acids is 1. The first kappa shape index (κ1) is 13.1. The highest BCUT2D eigenvalue weighted by Gasteiger charge is 2.06. The van der Waals surface area contributed by atoms with Gasteiger partial charge in [0.2, 0.25) is 0 Å². The fourth-order valence-corrected chi connectivity index (χ4v) is 1.12. The number of benzene rings is 1. The Balaban J connectivity index is 0.00000196. The molecule has 0 spiro atoms. The lowest BCUT2D eigenvalue weighted by Gasteiger charge is -2.07. The molecular weight excluding hydrogens is 196 g/mol. The molecule has 0 aliphatic heterocycles. The SMILES string of the molecule is CC(=O)c1ccccc1NCC(=O)O.N. The molecule has 0 bridgehead atoms. The van der Waals surface area contributed by atoms with Crippen LogP contribution in [-0.2, 0) is 4.79 Å². The van der Waals surface area contributed by atoms with Crippen LogP contribution in [0.4, 0.5) is 5.69 Å². The van der Waals surface area contributed by atoms with Crippen molar-refractivity contribution in [3.05, 3.63) is 29.8 Å². The minimum absolute atomic E-state index is 0. The largest absolute Gasteiger partial charge is 0.480 e. The number of ketones is 1. The Bertz CT molecular complexity index is 363. The lowest BCUT2D eigenvalue weighted by Crippen LogP contribution is -2.14. The fraction of sp³-hybridized carbons (Fsp3) is 0.200. The van der Waals surface area contributed by atoms with Gasteiger partial charge in [0.1, 0.15) is 6.54 Å². The first-order chi connectivity index (χ1) is 6.61. The van der Waals surface area contributed by atoms with Crippen molar-refractivity contribution in [1.29, 1.82) is 0 Å². The molecule has 5 nitrogen and oxygen atoms in total. The Kier molecular flexibility index (Phi) is 5.04. The lowest BCUT2D eigenvalue weighted by molar-refractivity contribution is -0.134. The van der Waals surface area contributed by atoms with Crippen LogP contribution < -0.4 is 11.5 Å². The predicted molar refractivity (Wildman–Crippen MR) is 57.6 cm³/mol. The van der Waals surface area contributed by atoms with Gasteiger partial charge < -0.3 is 16.6 Å². The van der Waals surface area contributed by atoms with Gasteiger partial charge in [-0.3, -0.25) is 9.59 Å². The van der Waals surface area contributed by atoms with E-state index >= 15 is 0 Å². The fourth-order valence-electron chi connectivity index (χ4n) is 1.12. The molecule has 15 heavy (non-hydrogen) atoms. The number of para-hydroxylation sites is 1. The van der Waals surface area contributed by atoms with Gasteiger partial charge in [-0.15, -0.1) is 0 Å². The van der Waals surface area contributed by atoms with Crippen molar-refractivity contribution in [2.75, 3.05) is 11.9 Å². The Morgan fingerprint density at radius 1 is 1.33 bits per heavy atom. The summed E-state index contributed by atoms with van der Waals surface area (Å²) in [4.78, 5) is 21.4. The molecule has 0 amide bonds. The van der Waals surface area contributed by atoms with Crippen LogP contribution in [0.25, 0.3) is 0 Å². The van der Waals surface area contributed by atoms with E-state index in [9.17, 15) is 9.59 Å². The van der Waals surface area contributed by atoms with Gasteiger partial charge in [-0.25, -0.2) is 0 Å². The van der Waals surface area contributed by atoms with Crippen LogP contribution in [0.5, 0.6) is 0 Å². The van der Waals surface area contributed by atoms with Crippen molar-refractivity contribution in [2.45, 2.75) is 6.92 Å². The van der Waals surface area contributed by atoms with E-state index < -0.39 is 5.97 Å². The molecule has 1 aromatic carbocycles. The van der Waals surface area contributed by atoms with Crippen LogP contribution in [0.3, 0.4) is 0 Å². The predicted octanol–water partition coefficient (Wildman–Crippen LogP) is 1.55. The molecule has 0 radical (unpaired) electrons. The number of Topliss-reactive ketones (excluding diaryl/α,β-unsaturated/α-hetero) is 1. The third-order valence-corrected chi connectivity index (χ3v) is 1.74. The molecule has 5 N–H and O–H groups in total. The summed E-state index contributed by atoms with van der Waals surface area (Å²) < 4.78 is 0. The zero-order valence-electron chi connectivity index (χ0n) is 8.49. The Labute approximate surface area is 87.7 Å². The van der Waals surface area contributed by atoms with Crippen LogP contribution in [-0.4, -0.2) is 23.4 Å². The van der Waals surface area contributed by atoms with Gasteiger partial charge in [0.15, 0.2) is 5.78 Å². The third-order valence-electron chi connectivity index (χ3n) is 1.74. The lowest BCUT2D eigenvalue weighted by atomic mass is 10.1. The highest BCUT2D eigenvalue weighted by molar-refractivity contribution is 5.99. The molecule has 0 atom stereocenters. The number of nitrogens with one attached hydrogen (secondary N) is 1. The molecule has 0 saturated carbocycles. The van der Waals surface area contributed by atoms with Crippen LogP contribution in [0.1, 0.15) is 17.3 Å². The van der Waals surface area contributed by atoms with E-state index in [1.54, 1.807) is 24.3 Å². The molecular formula is C10H14N2O3. The number of carboxylic acids is 1. The maximum absolute atomic E-state index is 11.1. The Hall–Kier alpha value is -1.88.